The fourth-order valence-electron chi connectivity index (χ4n) is 3.23. The van der Waals surface area contributed by atoms with Crippen LogP contribution in [-0.2, 0) is 6.42 Å². The molecule has 0 atom stereocenters. The van der Waals surface area contributed by atoms with Gasteiger partial charge in [-0.15, -0.1) is 5.01 Å². The summed E-state index contributed by atoms with van der Waals surface area (Å²) in [6, 6.07) is 22.9. The molecule has 0 radical (unpaired) electrons. The summed E-state index contributed by atoms with van der Waals surface area (Å²) in [5.41, 5.74) is 2.12. The second-order valence-corrected chi connectivity index (χ2v) is 7.15. The molecular weight excluding hydrogens is 420 g/mol. The van der Waals surface area contributed by atoms with E-state index in [1.54, 1.807) is 31.3 Å². The number of amides is 4. The van der Waals surface area contributed by atoms with Crippen LogP contribution in [0.15, 0.2) is 90.0 Å². The van der Waals surface area contributed by atoms with E-state index in [1.807, 2.05) is 36.4 Å². The first-order chi connectivity index (χ1) is 15.9. The number of hydrazone groups is 1. The van der Waals surface area contributed by atoms with Crippen molar-refractivity contribution in [2.45, 2.75) is 6.42 Å². The van der Waals surface area contributed by atoms with E-state index < -0.39 is 18.0 Å². The number of carbonyl (C=O) groups is 3. The first kappa shape index (κ1) is 23.2. The lowest BCUT2D eigenvalue weighted by atomic mass is 10.1. The second-order valence-electron chi connectivity index (χ2n) is 7.15. The number of carbonyl (C=O) groups excluding carboxylic acids is 2. The molecule has 0 fully saturated rings. The average Bonchev–Trinajstić information content (AvgIpc) is 2.85. The van der Waals surface area contributed by atoms with Gasteiger partial charge in [-0.05, 0) is 48.4 Å². The summed E-state index contributed by atoms with van der Waals surface area (Å²) < 4.78 is 0. The van der Waals surface area contributed by atoms with Crippen molar-refractivity contribution in [3.8, 4) is 0 Å². The van der Waals surface area contributed by atoms with Crippen LogP contribution in [0.4, 0.5) is 21.0 Å². The average molecular weight is 444 g/mol. The van der Waals surface area contributed by atoms with Gasteiger partial charge in [-0.2, -0.15) is 5.10 Å². The van der Waals surface area contributed by atoms with Gasteiger partial charge in [0, 0.05) is 31.7 Å². The van der Waals surface area contributed by atoms with Crippen molar-refractivity contribution in [3.63, 3.8) is 0 Å². The van der Waals surface area contributed by atoms with Gasteiger partial charge in [0.2, 0.25) is 0 Å². The highest BCUT2D eigenvalue weighted by atomic mass is 16.4. The minimum Gasteiger partial charge on any atom is -0.478 e. The van der Waals surface area contributed by atoms with Crippen molar-refractivity contribution in [1.29, 1.82) is 0 Å². The van der Waals surface area contributed by atoms with Crippen molar-refractivity contribution >= 4 is 36.1 Å². The maximum Gasteiger partial charge on any atom is 0.353 e. The van der Waals surface area contributed by atoms with Crippen LogP contribution < -0.4 is 9.80 Å². The predicted octanol–water partition coefficient (Wildman–Crippen LogP) is 4.73. The summed E-state index contributed by atoms with van der Waals surface area (Å²) in [5.74, 6) is -1.07. The number of aromatic carboxylic acids is 1. The Hall–Kier alpha value is -4.46. The van der Waals surface area contributed by atoms with E-state index in [0.717, 1.165) is 5.56 Å². The Bertz CT molecular complexity index is 1120. The molecular formula is C25H24N4O4. The number of para-hydroxylation sites is 1. The minimum absolute atomic E-state index is 0.0906. The molecule has 0 aliphatic heterocycles. The zero-order valence-corrected chi connectivity index (χ0v) is 18.2. The normalized spacial score (nSPS) is 10.2. The lowest BCUT2D eigenvalue weighted by molar-refractivity contribution is 0.0697. The number of hydrogen-bond acceptors (Lipinski definition) is 4. The van der Waals surface area contributed by atoms with Crippen LogP contribution in [0.25, 0.3) is 0 Å². The molecule has 0 aromatic heterocycles. The van der Waals surface area contributed by atoms with E-state index in [4.69, 9.17) is 0 Å². The molecule has 0 aliphatic rings. The molecule has 0 heterocycles. The van der Waals surface area contributed by atoms with Crippen molar-refractivity contribution in [1.82, 2.24) is 5.01 Å². The molecule has 33 heavy (non-hydrogen) atoms. The Morgan fingerprint density at radius 2 is 1.39 bits per heavy atom. The van der Waals surface area contributed by atoms with E-state index in [0.29, 0.717) is 22.8 Å². The predicted molar refractivity (Wildman–Crippen MR) is 128 cm³/mol. The molecule has 4 amide bonds. The topological polar surface area (TPSA) is 93.5 Å². The van der Waals surface area contributed by atoms with Crippen molar-refractivity contribution < 1.29 is 19.5 Å². The summed E-state index contributed by atoms with van der Waals surface area (Å²) in [4.78, 5) is 40.4. The molecule has 3 aromatic rings. The van der Waals surface area contributed by atoms with Crippen molar-refractivity contribution in [2.75, 3.05) is 23.4 Å². The summed E-state index contributed by atoms with van der Waals surface area (Å²) >= 11 is 0. The van der Waals surface area contributed by atoms with Gasteiger partial charge < -0.3 is 5.11 Å². The van der Waals surface area contributed by atoms with E-state index >= 15 is 0 Å². The SMILES string of the molecule is C=NN(C(=O)N(C)c1ccccc1)C(=O)N(CCc1ccccc1)c1ccc(C(=O)O)cc1. The highest BCUT2D eigenvalue weighted by Crippen LogP contribution is 2.21. The highest BCUT2D eigenvalue weighted by Gasteiger charge is 2.30. The third kappa shape index (κ3) is 5.62. The van der Waals surface area contributed by atoms with Crippen LogP contribution >= 0.6 is 0 Å². The zero-order chi connectivity index (χ0) is 23.8. The summed E-state index contributed by atoms with van der Waals surface area (Å²) in [6.07, 6.45) is 0.515. The van der Waals surface area contributed by atoms with Crippen LogP contribution in [-0.4, -0.2) is 48.5 Å². The van der Waals surface area contributed by atoms with Gasteiger partial charge in [0.1, 0.15) is 0 Å². The Kier molecular flexibility index (Phi) is 7.54. The van der Waals surface area contributed by atoms with E-state index in [2.05, 4.69) is 11.8 Å². The van der Waals surface area contributed by atoms with E-state index in [-0.39, 0.29) is 12.1 Å². The van der Waals surface area contributed by atoms with Crippen LogP contribution in [0.1, 0.15) is 15.9 Å². The fraction of sp³-hybridized carbons (Fsp3) is 0.120. The van der Waals surface area contributed by atoms with Crippen LogP contribution in [0.5, 0.6) is 0 Å². The smallest absolute Gasteiger partial charge is 0.353 e. The number of urea groups is 2. The first-order valence-electron chi connectivity index (χ1n) is 10.2. The minimum atomic E-state index is -1.07. The number of imide groups is 1. The quantitative estimate of drug-likeness (QED) is 0.421. The van der Waals surface area contributed by atoms with E-state index in [1.165, 1.54) is 34.1 Å². The number of hydrogen-bond donors (Lipinski definition) is 1. The Balaban J connectivity index is 1.89. The van der Waals surface area contributed by atoms with Gasteiger partial charge in [0.15, 0.2) is 0 Å². The molecule has 168 valence electrons. The second kappa shape index (κ2) is 10.7. The lowest BCUT2D eigenvalue weighted by Gasteiger charge is -2.29. The van der Waals surface area contributed by atoms with E-state index in [9.17, 15) is 19.5 Å². The molecule has 0 aliphatic carbocycles. The molecule has 0 spiro atoms. The first-order valence-corrected chi connectivity index (χ1v) is 10.2. The summed E-state index contributed by atoms with van der Waals surface area (Å²) in [7, 11) is 1.54. The molecule has 1 N–H and O–H groups in total. The number of rotatable bonds is 7. The van der Waals surface area contributed by atoms with Crippen LogP contribution in [0.3, 0.4) is 0 Å². The third-order valence-electron chi connectivity index (χ3n) is 5.06. The van der Waals surface area contributed by atoms with Gasteiger partial charge in [-0.25, -0.2) is 14.4 Å². The highest BCUT2D eigenvalue weighted by molar-refractivity contribution is 6.07. The van der Waals surface area contributed by atoms with Gasteiger partial charge in [-0.3, -0.25) is 9.80 Å². The molecule has 8 nitrogen and oxygen atoms in total. The molecule has 0 saturated carbocycles. The maximum absolute atomic E-state index is 13.4. The van der Waals surface area contributed by atoms with Crippen molar-refractivity contribution in [3.05, 3.63) is 96.1 Å². The molecule has 0 unspecified atom stereocenters. The lowest BCUT2D eigenvalue weighted by Crippen LogP contribution is -2.48. The largest absolute Gasteiger partial charge is 0.478 e. The zero-order valence-electron chi connectivity index (χ0n) is 18.2. The van der Waals surface area contributed by atoms with Gasteiger partial charge in [0.25, 0.3) is 0 Å². The number of carboxylic acid groups (broad SMARTS) is 1. The third-order valence-corrected chi connectivity index (χ3v) is 5.06. The summed E-state index contributed by atoms with van der Waals surface area (Å²) in [5, 5.41) is 13.6. The fourth-order valence-corrected chi connectivity index (χ4v) is 3.23. The van der Waals surface area contributed by atoms with Gasteiger partial charge in [-0.1, -0.05) is 48.5 Å². The number of carboxylic acids is 1. The standard InChI is InChI=1S/C25H24N4O4/c1-26-29(24(32)27(2)21-11-7-4-8-12-21)25(33)28(18-17-19-9-5-3-6-10-19)22-15-13-20(14-16-22)23(30)31/h3-16H,1,17-18H2,2H3,(H,30,31). The summed E-state index contributed by atoms with van der Waals surface area (Å²) in [6.45, 7) is 3.65. The van der Waals surface area contributed by atoms with Crippen LogP contribution in [0, 0.1) is 0 Å². The molecule has 8 heteroatoms. The number of anilines is 2. The Labute approximate surface area is 192 Å². The maximum atomic E-state index is 13.4. The molecule has 0 saturated heterocycles. The number of nitrogens with zero attached hydrogens (tertiary/aromatic N) is 4. The molecule has 3 rings (SSSR count). The van der Waals surface area contributed by atoms with Crippen LogP contribution in [0.2, 0.25) is 0 Å². The molecule has 0 bridgehead atoms. The Morgan fingerprint density at radius 3 is 1.94 bits per heavy atom. The number of benzene rings is 3. The van der Waals surface area contributed by atoms with Gasteiger partial charge >= 0.3 is 18.0 Å². The van der Waals surface area contributed by atoms with Gasteiger partial charge in [0.05, 0.1) is 5.56 Å². The van der Waals surface area contributed by atoms with Crippen molar-refractivity contribution in [2.24, 2.45) is 5.10 Å². The molecule has 3 aromatic carbocycles. The Morgan fingerprint density at radius 1 is 0.818 bits per heavy atom. The monoisotopic (exact) mass is 444 g/mol.